The Hall–Kier alpha value is -1.39. The molecule has 4 nitrogen and oxygen atoms in total. The molecule has 0 amide bonds. The second-order valence-electron chi connectivity index (χ2n) is 5.64. The van der Waals surface area contributed by atoms with Crippen LogP contribution in [0.5, 0.6) is 0 Å². The average Bonchev–Trinajstić information content (AvgIpc) is 3.07. The van der Waals surface area contributed by atoms with E-state index in [1.165, 1.54) is 38.0 Å². The predicted octanol–water partition coefficient (Wildman–Crippen LogP) is 1.99. The summed E-state index contributed by atoms with van der Waals surface area (Å²) in [5, 5.41) is 3.43. The molecule has 2 heterocycles. The number of aromatic nitrogens is 2. The van der Waals surface area contributed by atoms with E-state index in [4.69, 9.17) is 0 Å². The van der Waals surface area contributed by atoms with E-state index in [1.54, 1.807) is 6.33 Å². The van der Waals surface area contributed by atoms with Gasteiger partial charge in [-0.3, -0.25) is 0 Å². The fraction of sp³-hybridized carbons (Fsp3) is 0.533. The molecule has 0 radical (unpaired) electrons. The molecule has 1 aliphatic rings. The minimum absolute atomic E-state index is 0.873. The lowest BCUT2D eigenvalue weighted by Crippen LogP contribution is -2.22. The lowest BCUT2D eigenvalue weighted by atomic mass is 10.0. The monoisotopic (exact) mass is 258 g/mol. The van der Waals surface area contributed by atoms with Crippen molar-refractivity contribution in [2.24, 2.45) is 5.92 Å². The van der Waals surface area contributed by atoms with E-state index < -0.39 is 0 Å². The zero-order valence-electron chi connectivity index (χ0n) is 11.5. The maximum atomic E-state index is 4.25. The number of benzene rings is 1. The number of hydrogen-bond donors (Lipinski definition) is 2. The van der Waals surface area contributed by atoms with Crippen molar-refractivity contribution in [3.05, 3.63) is 30.1 Å². The van der Waals surface area contributed by atoms with Gasteiger partial charge in [0.25, 0.3) is 0 Å². The molecule has 1 aromatic heterocycles. The SMILES string of the molecule is CN(CCC1CCNC1)Cc1ccc2nc[nH]c2c1. The molecular formula is C15H22N4. The summed E-state index contributed by atoms with van der Waals surface area (Å²) >= 11 is 0. The number of rotatable bonds is 5. The standard InChI is InChI=1S/C15H22N4/c1-19(7-5-12-4-6-16-9-12)10-13-2-3-14-15(8-13)18-11-17-14/h2-3,8,11-12,16H,4-7,9-10H2,1H3,(H,17,18). The Morgan fingerprint density at radius 3 is 3.21 bits per heavy atom. The van der Waals surface area contributed by atoms with Crippen LogP contribution in [-0.2, 0) is 6.54 Å². The van der Waals surface area contributed by atoms with Crippen LogP contribution in [0.15, 0.2) is 24.5 Å². The third kappa shape index (κ3) is 3.14. The summed E-state index contributed by atoms with van der Waals surface area (Å²) in [6.45, 7) is 4.58. The maximum absolute atomic E-state index is 4.25. The maximum Gasteiger partial charge on any atom is 0.0931 e. The van der Waals surface area contributed by atoms with Crippen molar-refractivity contribution < 1.29 is 0 Å². The first-order valence-electron chi connectivity index (χ1n) is 7.12. The van der Waals surface area contributed by atoms with Crippen LogP contribution in [0.4, 0.5) is 0 Å². The summed E-state index contributed by atoms with van der Waals surface area (Å²) in [6.07, 6.45) is 4.40. The quantitative estimate of drug-likeness (QED) is 0.862. The van der Waals surface area contributed by atoms with Crippen LogP contribution >= 0.6 is 0 Å². The Kier molecular flexibility index (Phi) is 3.80. The molecule has 1 aromatic carbocycles. The summed E-state index contributed by atoms with van der Waals surface area (Å²) in [5.74, 6) is 0.873. The molecule has 4 heteroatoms. The number of aromatic amines is 1. The zero-order valence-corrected chi connectivity index (χ0v) is 11.5. The number of hydrogen-bond acceptors (Lipinski definition) is 3. The molecule has 1 fully saturated rings. The minimum atomic E-state index is 0.873. The van der Waals surface area contributed by atoms with Gasteiger partial charge in [-0.1, -0.05) is 6.07 Å². The van der Waals surface area contributed by atoms with Gasteiger partial charge in [0.05, 0.1) is 17.4 Å². The van der Waals surface area contributed by atoms with Crippen molar-refractivity contribution in [3.63, 3.8) is 0 Å². The largest absolute Gasteiger partial charge is 0.345 e. The van der Waals surface area contributed by atoms with Crippen molar-refractivity contribution in [1.29, 1.82) is 0 Å². The Bertz CT molecular complexity index is 528. The van der Waals surface area contributed by atoms with Gasteiger partial charge in [-0.2, -0.15) is 0 Å². The van der Waals surface area contributed by atoms with Crippen molar-refractivity contribution in [2.75, 3.05) is 26.7 Å². The van der Waals surface area contributed by atoms with E-state index in [-0.39, 0.29) is 0 Å². The van der Waals surface area contributed by atoms with Crippen LogP contribution in [0.3, 0.4) is 0 Å². The van der Waals surface area contributed by atoms with Gasteiger partial charge >= 0.3 is 0 Å². The molecule has 1 aliphatic heterocycles. The van der Waals surface area contributed by atoms with Crippen molar-refractivity contribution in [1.82, 2.24) is 20.2 Å². The highest BCUT2D eigenvalue weighted by atomic mass is 15.1. The molecule has 2 aromatic rings. The topological polar surface area (TPSA) is 44.0 Å². The van der Waals surface area contributed by atoms with Gasteiger partial charge in [0.2, 0.25) is 0 Å². The van der Waals surface area contributed by atoms with Crippen LogP contribution < -0.4 is 5.32 Å². The molecule has 0 saturated carbocycles. The fourth-order valence-corrected chi connectivity index (χ4v) is 2.84. The summed E-state index contributed by atoms with van der Waals surface area (Å²) in [4.78, 5) is 9.84. The first kappa shape index (κ1) is 12.6. The molecule has 0 spiro atoms. The average molecular weight is 258 g/mol. The van der Waals surface area contributed by atoms with Crippen molar-refractivity contribution in [3.8, 4) is 0 Å². The first-order valence-corrected chi connectivity index (χ1v) is 7.12. The number of nitrogens with one attached hydrogen (secondary N) is 2. The van der Waals surface area contributed by atoms with Gasteiger partial charge in [0, 0.05) is 6.54 Å². The predicted molar refractivity (Wildman–Crippen MR) is 78.0 cm³/mol. The lowest BCUT2D eigenvalue weighted by molar-refractivity contribution is 0.298. The Labute approximate surface area is 114 Å². The Morgan fingerprint density at radius 1 is 1.42 bits per heavy atom. The zero-order chi connectivity index (χ0) is 13.1. The highest BCUT2D eigenvalue weighted by Gasteiger charge is 2.14. The molecular weight excluding hydrogens is 236 g/mol. The highest BCUT2D eigenvalue weighted by molar-refractivity contribution is 5.74. The van der Waals surface area contributed by atoms with E-state index in [1.807, 2.05) is 0 Å². The molecule has 0 aliphatic carbocycles. The lowest BCUT2D eigenvalue weighted by Gasteiger charge is -2.18. The second-order valence-corrected chi connectivity index (χ2v) is 5.64. The Morgan fingerprint density at radius 2 is 2.37 bits per heavy atom. The Balaban J connectivity index is 1.54. The molecule has 0 bridgehead atoms. The fourth-order valence-electron chi connectivity index (χ4n) is 2.84. The van der Waals surface area contributed by atoms with Crippen LogP contribution in [0.25, 0.3) is 11.0 Å². The van der Waals surface area contributed by atoms with Gasteiger partial charge in [-0.05, 0) is 63.1 Å². The van der Waals surface area contributed by atoms with Crippen molar-refractivity contribution >= 4 is 11.0 Å². The van der Waals surface area contributed by atoms with Crippen LogP contribution in [0, 0.1) is 5.92 Å². The van der Waals surface area contributed by atoms with Gasteiger partial charge in [0.1, 0.15) is 0 Å². The number of imidazole rings is 1. The summed E-state index contributed by atoms with van der Waals surface area (Å²) in [7, 11) is 2.21. The van der Waals surface area contributed by atoms with Crippen LogP contribution in [-0.4, -0.2) is 41.5 Å². The van der Waals surface area contributed by atoms with E-state index >= 15 is 0 Å². The van der Waals surface area contributed by atoms with E-state index in [2.05, 4.69) is 45.4 Å². The normalized spacial score (nSPS) is 19.6. The summed E-state index contributed by atoms with van der Waals surface area (Å²) in [6, 6.07) is 6.47. The highest BCUT2D eigenvalue weighted by Crippen LogP contribution is 2.15. The molecule has 1 atom stereocenters. The molecule has 2 N–H and O–H groups in total. The molecule has 3 rings (SSSR count). The van der Waals surface area contributed by atoms with Crippen LogP contribution in [0.2, 0.25) is 0 Å². The number of H-pyrrole nitrogens is 1. The van der Waals surface area contributed by atoms with Gasteiger partial charge in [0.15, 0.2) is 0 Å². The van der Waals surface area contributed by atoms with Crippen molar-refractivity contribution in [2.45, 2.75) is 19.4 Å². The van der Waals surface area contributed by atoms with Crippen LogP contribution in [0.1, 0.15) is 18.4 Å². The van der Waals surface area contributed by atoms with E-state index in [9.17, 15) is 0 Å². The first-order chi connectivity index (χ1) is 9.31. The molecule has 102 valence electrons. The molecule has 19 heavy (non-hydrogen) atoms. The smallest absolute Gasteiger partial charge is 0.0931 e. The minimum Gasteiger partial charge on any atom is -0.345 e. The third-order valence-corrected chi connectivity index (χ3v) is 4.02. The van der Waals surface area contributed by atoms with Gasteiger partial charge in [-0.25, -0.2) is 4.98 Å². The summed E-state index contributed by atoms with van der Waals surface area (Å²) < 4.78 is 0. The second kappa shape index (κ2) is 5.72. The van der Waals surface area contributed by atoms with Gasteiger partial charge in [-0.15, -0.1) is 0 Å². The van der Waals surface area contributed by atoms with Gasteiger partial charge < -0.3 is 15.2 Å². The molecule has 1 saturated heterocycles. The van der Waals surface area contributed by atoms with E-state index in [0.717, 1.165) is 23.5 Å². The number of nitrogens with zero attached hydrogens (tertiary/aromatic N) is 2. The third-order valence-electron chi connectivity index (χ3n) is 4.02. The number of fused-ring (bicyclic) bond motifs is 1. The summed E-state index contributed by atoms with van der Waals surface area (Å²) in [5.41, 5.74) is 3.53. The van der Waals surface area contributed by atoms with E-state index in [0.29, 0.717) is 0 Å². The molecule has 1 unspecified atom stereocenters.